The van der Waals surface area contributed by atoms with Crippen LogP contribution < -0.4 is 5.73 Å². The van der Waals surface area contributed by atoms with Gasteiger partial charge in [-0.2, -0.15) is 15.0 Å². The number of nitrogens with zero attached hydrogens (tertiary/aromatic N) is 5. The van der Waals surface area contributed by atoms with Crippen molar-refractivity contribution in [2.24, 2.45) is 5.92 Å². The second-order valence-electron chi connectivity index (χ2n) is 4.28. The number of aromatic nitrogens is 5. The summed E-state index contributed by atoms with van der Waals surface area (Å²) in [4.78, 5) is 16.5. The first-order chi connectivity index (χ1) is 8.65. The molecule has 18 heavy (non-hydrogen) atoms. The van der Waals surface area contributed by atoms with Crippen LogP contribution >= 0.6 is 11.8 Å². The molecule has 0 aliphatic carbocycles. The van der Waals surface area contributed by atoms with Crippen molar-refractivity contribution in [3.8, 4) is 5.95 Å². The molecule has 0 aliphatic heterocycles. The molecule has 0 unspecified atom stereocenters. The Morgan fingerprint density at radius 3 is 2.83 bits per heavy atom. The number of thioether (sulfide) groups is 1. The maximum atomic E-state index is 5.69. The Bertz CT molecular complexity index is 496. The zero-order valence-corrected chi connectivity index (χ0v) is 11.3. The molecular formula is C11H16N6S. The second kappa shape index (κ2) is 5.81. The van der Waals surface area contributed by atoms with Crippen LogP contribution in [0.15, 0.2) is 23.9 Å². The van der Waals surface area contributed by atoms with Gasteiger partial charge in [-0.25, -0.2) is 4.98 Å². The van der Waals surface area contributed by atoms with Crippen molar-refractivity contribution >= 4 is 17.7 Å². The smallest absolute Gasteiger partial charge is 0.240 e. The van der Waals surface area contributed by atoms with Gasteiger partial charge in [0.2, 0.25) is 11.9 Å². The summed E-state index contributed by atoms with van der Waals surface area (Å²) < 4.78 is 1.71. The number of nitrogen functional groups attached to an aromatic ring is 1. The Hall–Kier alpha value is -1.63. The third kappa shape index (κ3) is 3.43. The molecule has 7 heteroatoms. The van der Waals surface area contributed by atoms with Crippen LogP contribution in [-0.2, 0) is 0 Å². The highest BCUT2D eigenvalue weighted by Gasteiger charge is 2.06. The van der Waals surface area contributed by atoms with Crippen molar-refractivity contribution in [1.29, 1.82) is 0 Å². The van der Waals surface area contributed by atoms with Gasteiger partial charge in [0.05, 0.1) is 0 Å². The standard InChI is InChI=1S/C11H16N6S/c1-8(2)3-6-18-11-15-9(12)14-10(16-11)17-5-4-13-7-17/h4-5,7-8H,3,6H2,1-2H3,(H2,12,14,15,16). The molecule has 2 aromatic rings. The van der Waals surface area contributed by atoms with E-state index >= 15 is 0 Å². The SMILES string of the molecule is CC(C)CCSc1nc(N)nc(-n2ccnc2)n1. The minimum Gasteiger partial charge on any atom is -0.368 e. The van der Waals surface area contributed by atoms with Crippen LogP contribution in [0.25, 0.3) is 5.95 Å². The van der Waals surface area contributed by atoms with Crippen LogP contribution in [0.2, 0.25) is 0 Å². The van der Waals surface area contributed by atoms with Gasteiger partial charge < -0.3 is 5.73 Å². The number of imidazole rings is 1. The van der Waals surface area contributed by atoms with Gasteiger partial charge in [-0.3, -0.25) is 4.57 Å². The third-order valence-corrected chi connectivity index (χ3v) is 3.16. The Balaban J connectivity index is 2.12. The van der Waals surface area contributed by atoms with E-state index in [0.717, 1.165) is 12.2 Å². The summed E-state index contributed by atoms with van der Waals surface area (Å²) in [6.45, 7) is 4.39. The highest BCUT2D eigenvalue weighted by Crippen LogP contribution is 2.17. The third-order valence-electron chi connectivity index (χ3n) is 2.28. The zero-order valence-electron chi connectivity index (χ0n) is 10.4. The minimum atomic E-state index is 0.237. The lowest BCUT2D eigenvalue weighted by atomic mass is 10.2. The van der Waals surface area contributed by atoms with Crippen LogP contribution in [0, 0.1) is 5.92 Å². The molecular weight excluding hydrogens is 248 g/mol. The first-order valence-corrected chi connectivity index (χ1v) is 6.76. The molecule has 0 aliphatic rings. The van der Waals surface area contributed by atoms with E-state index in [4.69, 9.17) is 5.73 Å². The fraction of sp³-hybridized carbons (Fsp3) is 0.455. The normalized spacial score (nSPS) is 11.1. The average molecular weight is 264 g/mol. The molecule has 2 rings (SSSR count). The summed E-state index contributed by atoms with van der Waals surface area (Å²) in [6, 6.07) is 0. The summed E-state index contributed by atoms with van der Waals surface area (Å²) in [7, 11) is 0. The van der Waals surface area contributed by atoms with E-state index in [-0.39, 0.29) is 5.95 Å². The largest absolute Gasteiger partial charge is 0.368 e. The molecule has 0 fully saturated rings. The molecule has 0 atom stereocenters. The summed E-state index contributed by atoms with van der Waals surface area (Å²) in [5.74, 6) is 2.39. The summed E-state index contributed by atoms with van der Waals surface area (Å²) >= 11 is 1.60. The molecule has 2 aromatic heterocycles. The number of rotatable bonds is 5. The zero-order chi connectivity index (χ0) is 13.0. The number of anilines is 1. The first-order valence-electron chi connectivity index (χ1n) is 5.78. The molecule has 2 N–H and O–H groups in total. The van der Waals surface area contributed by atoms with Crippen molar-refractivity contribution in [3.63, 3.8) is 0 Å². The van der Waals surface area contributed by atoms with E-state index in [1.54, 1.807) is 35.0 Å². The monoisotopic (exact) mass is 264 g/mol. The molecule has 0 saturated heterocycles. The lowest BCUT2D eigenvalue weighted by Gasteiger charge is -2.05. The minimum absolute atomic E-state index is 0.237. The maximum Gasteiger partial charge on any atom is 0.240 e. The maximum absolute atomic E-state index is 5.69. The van der Waals surface area contributed by atoms with E-state index in [2.05, 4.69) is 33.8 Å². The molecule has 0 radical (unpaired) electrons. The molecule has 0 aromatic carbocycles. The van der Waals surface area contributed by atoms with Gasteiger partial charge in [-0.05, 0) is 12.3 Å². The Morgan fingerprint density at radius 1 is 1.33 bits per heavy atom. The Morgan fingerprint density at radius 2 is 2.17 bits per heavy atom. The highest BCUT2D eigenvalue weighted by atomic mass is 32.2. The Labute approximate surface area is 110 Å². The van der Waals surface area contributed by atoms with E-state index < -0.39 is 0 Å². The number of hydrogen-bond donors (Lipinski definition) is 1. The van der Waals surface area contributed by atoms with Crippen LogP contribution in [-0.4, -0.2) is 30.3 Å². The van der Waals surface area contributed by atoms with Gasteiger partial charge in [0.25, 0.3) is 0 Å². The van der Waals surface area contributed by atoms with E-state index in [9.17, 15) is 0 Å². The summed E-state index contributed by atoms with van der Waals surface area (Å²) in [6.07, 6.45) is 6.21. The van der Waals surface area contributed by atoms with Crippen molar-refractivity contribution in [2.75, 3.05) is 11.5 Å². The molecule has 96 valence electrons. The molecule has 0 bridgehead atoms. The number of nitrogens with two attached hydrogens (primary N) is 1. The van der Waals surface area contributed by atoms with Gasteiger partial charge in [0.1, 0.15) is 6.33 Å². The van der Waals surface area contributed by atoms with E-state index in [1.807, 2.05) is 0 Å². The molecule has 0 amide bonds. The molecule has 0 saturated carbocycles. The second-order valence-corrected chi connectivity index (χ2v) is 5.34. The van der Waals surface area contributed by atoms with Crippen LogP contribution in [0.4, 0.5) is 5.95 Å². The van der Waals surface area contributed by atoms with Crippen molar-refractivity contribution in [2.45, 2.75) is 25.4 Å². The lowest BCUT2D eigenvalue weighted by Crippen LogP contribution is -2.06. The van der Waals surface area contributed by atoms with Crippen molar-refractivity contribution < 1.29 is 0 Å². The summed E-state index contributed by atoms with van der Waals surface area (Å²) in [5.41, 5.74) is 5.69. The lowest BCUT2D eigenvalue weighted by molar-refractivity contribution is 0.631. The topological polar surface area (TPSA) is 82.5 Å². The van der Waals surface area contributed by atoms with Gasteiger partial charge in [0.15, 0.2) is 5.16 Å². The molecule has 0 spiro atoms. The van der Waals surface area contributed by atoms with E-state index in [0.29, 0.717) is 17.0 Å². The predicted molar refractivity (Wildman–Crippen MR) is 71.5 cm³/mol. The highest BCUT2D eigenvalue weighted by molar-refractivity contribution is 7.99. The van der Waals surface area contributed by atoms with Crippen LogP contribution in [0.1, 0.15) is 20.3 Å². The van der Waals surface area contributed by atoms with Gasteiger partial charge >= 0.3 is 0 Å². The van der Waals surface area contributed by atoms with Crippen LogP contribution in [0.5, 0.6) is 0 Å². The quantitative estimate of drug-likeness (QED) is 0.829. The van der Waals surface area contributed by atoms with Crippen molar-refractivity contribution in [1.82, 2.24) is 24.5 Å². The Kier molecular flexibility index (Phi) is 4.14. The predicted octanol–water partition coefficient (Wildman–Crippen LogP) is 1.78. The van der Waals surface area contributed by atoms with Crippen molar-refractivity contribution in [3.05, 3.63) is 18.7 Å². The van der Waals surface area contributed by atoms with Gasteiger partial charge in [0, 0.05) is 18.1 Å². The first kappa shape index (κ1) is 12.8. The summed E-state index contributed by atoms with van der Waals surface area (Å²) in [5, 5.41) is 0.659. The number of hydrogen-bond acceptors (Lipinski definition) is 6. The fourth-order valence-corrected chi connectivity index (χ4v) is 2.38. The van der Waals surface area contributed by atoms with Gasteiger partial charge in [-0.1, -0.05) is 25.6 Å². The van der Waals surface area contributed by atoms with Gasteiger partial charge in [-0.15, -0.1) is 0 Å². The fourth-order valence-electron chi connectivity index (χ4n) is 1.30. The van der Waals surface area contributed by atoms with Crippen LogP contribution in [0.3, 0.4) is 0 Å². The average Bonchev–Trinajstić information content (AvgIpc) is 2.81. The van der Waals surface area contributed by atoms with E-state index in [1.165, 1.54) is 0 Å². The molecule has 2 heterocycles. The molecule has 6 nitrogen and oxygen atoms in total.